The highest BCUT2D eigenvalue weighted by Crippen LogP contribution is 2.27. The maximum Gasteiger partial charge on any atom is 0.234 e. The molecule has 2 N–H and O–H groups in total. The lowest BCUT2D eigenvalue weighted by Crippen LogP contribution is -2.39. The summed E-state index contributed by atoms with van der Waals surface area (Å²) in [5, 5.41) is 6.22. The van der Waals surface area contributed by atoms with Crippen LogP contribution in [0, 0.1) is 5.92 Å². The second-order valence-corrected chi connectivity index (χ2v) is 6.13. The van der Waals surface area contributed by atoms with Crippen LogP contribution < -0.4 is 15.4 Å². The molecule has 0 saturated heterocycles. The third-order valence-electron chi connectivity index (χ3n) is 4.01. The Hall–Kier alpha value is -1.01. The fourth-order valence-corrected chi connectivity index (χ4v) is 2.43. The van der Waals surface area contributed by atoms with Gasteiger partial charge in [0.25, 0.3) is 0 Å². The van der Waals surface area contributed by atoms with Gasteiger partial charge >= 0.3 is 0 Å². The van der Waals surface area contributed by atoms with Crippen molar-refractivity contribution in [2.75, 3.05) is 40.8 Å². The number of likely N-dealkylation sites (N-methyl/N-ethyl adjacent to an activating group) is 1. The van der Waals surface area contributed by atoms with Gasteiger partial charge in [-0.2, -0.15) is 0 Å². The molecule has 1 unspecified atom stereocenters. The van der Waals surface area contributed by atoms with Gasteiger partial charge in [0.1, 0.15) is 5.75 Å². The lowest BCUT2D eigenvalue weighted by molar-refractivity contribution is -0.120. The molecule has 1 fully saturated rings. The molecule has 0 aromatic heterocycles. The monoisotopic (exact) mass is 377 g/mol. The topological polar surface area (TPSA) is 53.6 Å². The standard InChI is InChI=1S/C17H27N3O2.2ClH/c1-20(2)16(14-5-4-6-15(9-14)22-3)11-19-17(21)12-18-10-13-7-8-13;;/h4-6,9,13,16,18H,7-8,10-12H2,1-3H3,(H,19,21);2*1H. The van der Waals surface area contributed by atoms with Crippen LogP contribution in [0.1, 0.15) is 24.4 Å². The van der Waals surface area contributed by atoms with E-state index in [1.54, 1.807) is 7.11 Å². The van der Waals surface area contributed by atoms with E-state index in [2.05, 4.69) is 21.6 Å². The molecule has 24 heavy (non-hydrogen) atoms. The van der Waals surface area contributed by atoms with Crippen molar-refractivity contribution < 1.29 is 9.53 Å². The summed E-state index contributed by atoms with van der Waals surface area (Å²) < 4.78 is 5.28. The van der Waals surface area contributed by atoms with Gasteiger partial charge in [-0.05, 0) is 57.1 Å². The molecule has 1 aliphatic rings. The lowest BCUT2D eigenvalue weighted by atomic mass is 10.1. The van der Waals surface area contributed by atoms with Crippen molar-refractivity contribution in [1.82, 2.24) is 15.5 Å². The van der Waals surface area contributed by atoms with E-state index < -0.39 is 0 Å². The van der Waals surface area contributed by atoms with E-state index >= 15 is 0 Å². The number of carbonyl (C=O) groups excluding carboxylic acids is 1. The predicted octanol–water partition coefficient (Wildman–Crippen LogP) is 2.26. The largest absolute Gasteiger partial charge is 0.497 e. The summed E-state index contributed by atoms with van der Waals surface area (Å²) >= 11 is 0. The molecule has 7 heteroatoms. The van der Waals surface area contributed by atoms with Crippen molar-refractivity contribution in [2.24, 2.45) is 5.92 Å². The zero-order chi connectivity index (χ0) is 15.9. The summed E-state index contributed by atoms with van der Waals surface area (Å²) in [7, 11) is 5.69. The van der Waals surface area contributed by atoms with Gasteiger partial charge in [-0.15, -0.1) is 24.8 Å². The van der Waals surface area contributed by atoms with E-state index in [1.807, 2.05) is 32.3 Å². The Morgan fingerprint density at radius 3 is 2.62 bits per heavy atom. The van der Waals surface area contributed by atoms with E-state index in [-0.39, 0.29) is 36.8 Å². The van der Waals surface area contributed by atoms with Gasteiger partial charge in [0, 0.05) is 6.54 Å². The number of benzene rings is 1. The van der Waals surface area contributed by atoms with E-state index in [0.717, 1.165) is 23.8 Å². The molecule has 138 valence electrons. The molecular weight excluding hydrogens is 349 g/mol. The van der Waals surface area contributed by atoms with Crippen LogP contribution in [0.25, 0.3) is 0 Å². The first-order valence-corrected chi connectivity index (χ1v) is 7.88. The van der Waals surface area contributed by atoms with Gasteiger partial charge in [0.15, 0.2) is 0 Å². The van der Waals surface area contributed by atoms with E-state index in [0.29, 0.717) is 13.1 Å². The second kappa shape index (κ2) is 11.5. The van der Waals surface area contributed by atoms with E-state index in [9.17, 15) is 4.79 Å². The summed E-state index contributed by atoms with van der Waals surface area (Å²) in [5.41, 5.74) is 1.13. The molecule has 0 heterocycles. The number of hydrogen-bond acceptors (Lipinski definition) is 4. The first-order chi connectivity index (χ1) is 10.6. The van der Waals surface area contributed by atoms with Crippen LogP contribution in [0.3, 0.4) is 0 Å². The van der Waals surface area contributed by atoms with E-state index in [4.69, 9.17) is 4.74 Å². The Bertz CT molecular complexity index is 496. The van der Waals surface area contributed by atoms with Gasteiger partial charge < -0.3 is 20.3 Å². The van der Waals surface area contributed by atoms with Crippen molar-refractivity contribution in [3.8, 4) is 5.75 Å². The average Bonchev–Trinajstić information content (AvgIpc) is 3.31. The molecule has 1 amide bonds. The van der Waals surface area contributed by atoms with Gasteiger partial charge in [0.2, 0.25) is 5.91 Å². The number of rotatable bonds is 9. The van der Waals surface area contributed by atoms with Crippen LogP contribution in [0.2, 0.25) is 0 Å². The van der Waals surface area contributed by atoms with Gasteiger partial charge in [-0.25, -0.2) is 0 Å². The number of amides is 1. The smallest absolute Gasteiger partial charge is 0.234 e. The third-order valence-corrected chi connectivity index (χ3v) is 4.01. The molecule has 1 atom stereocenters. The summed E-state index contributed by atoms with van der Waals surface area (Å²) in [5.74, 6) is 1.68. The Balaban J connectivity index is 0.00000264. The number of carbonyl (C=O) groups is 1. The zero-order valence-electron chi connectivity index (χ0n) is 14.6. The van der Waals surface area contributed by atoms with Crippen LogP contribution in [-0.2, 0) is 4.79 Å². The first-order valence-electron chi connectivity index (χ1n) is 7.88. The van der Waals surface area contributed by atoms with Crippen molar-refractivity contribution in [3.63, 3.8) is 0 Å². The molecule has 1 aromatic carbocycles. The zero-order valence-corrected chi connectivity index (χ0v) is 16.2. The molecule has 1 saturated carbocycles. The van der Waals surface area contributed by atoms with Crippen molar-refractivity contribution in [1.29, 1.82) is 0 Å². The molecule has 1 aromatic rings. The van der Waals surface area contributed by atoms with Gasteiger partial charge in [-0.3, -0.25) is 4.79 Å². The minimum Gasteiger partial charge on any atom is -0.497 e. The number of hydrogen-bond donors (Lipinski definition) is 2. The van der Waals surface area contributed by atoms with Crippen molar-refractivity contribution in [3.05, 3.63) is 29.8 Å². The maximum atomic E-state index is 11.9. The van der Waals surface area contributed by atoms with Crippen LogP contribution in [-0.4, -0.2) is 51.6 Å². The van der Waals surface area contributed by atoms with E-state index in [1.165, 1.54) is 12.8 Å². The summed E-state index contributed by atoms with van der Waals surface area (Å²) in [6.07, 6.45) is 2.60. The molecule has 0 spiro atoms. The highest BCUT2D eigenvalue weighted by Gasteiger charge is 2.21. The van der Waals surface area contributed by atoms with Crippen LogP contribution in [0.4, 0.5) is 0 Å². The van der Waals surface area contributed by atoms with Crippen LogP contribution in [0.15, 0.2) is 24.3 Å². The van der Waals surface area contributed by atoms with Crippen LogP contribution in [0.5, 0.6) is 5.75 Å². The maximum absolute atomic E-state index is 11.9. The molecule has 0 bridgehead atoms. The molecule has 1 aliphatic carbocycles. The fraction of sp³-hybridized carbons (Fsp3) is 0.588. The highest BCUT2D eigenvalue weighted by molar-refractivity contribution is 5.85. The third kappa shape index (κ3) is 7.71. The van der Waals surface area contributed by atoms with Crippen molar-refractivity contribution in [2.45, 2.75) is 18.9 Å². The first kappa shape index (κ1) is 23.0. The molecule has 5 nitrogen and oxygen atoms in total. The van der Waals surface area contributed by atoms with Gasteiger partial charge in [0.05, 0.1) is 19.7 Å². The predicted molar refractivity (Wildman–Crippen MR) is 103 cm³/mol. The van der Waals surface area contributed by atoms with Crippen LogP contribution >= 0.6 is 24.8 Å². The minimum atomic E-state index is 0. The Morgan fingerprint density at radius 1 is 1.33 bits per heavy atom. The molecule has 2 rings (SSSR count). The lowest BCUT2D eigenvalue weighted by Gasteiger charge is -2.25. The normalized spacial score (nSPS) is 14.3. The Morgan fingerprint density at radius 2 is 2.04 bits per heavy atom. The Kier molecular flexibility index (Phi) is 11.0. The molecule has 0 radical (unpaired) electrons. The average molecular weight is 378 g/mol. The quantitative estimate of drug-likeness (QED) is 0.692. The molecular formula is C17H29Cl2N3O2. The fourth-order valence-electron chi connectivity index (χ4n) is 2.43. The number of halogens is 2. The number of nitrogens with zero attached hydrogens (tertiary/aromatic N) is 1. The second-order valence-electron chi connectivity index (χ2n) is 6.13. The summed E-state index contributed by atoms with van der Waals surface area (Å²) in [4.78, 5) is 14.0. The number of ether oxygens (including phenoxy) is 1. The Labute approximate surface area is 157 Å². The highest BCUT2D eigenvalue weighted by atomic mass is 35.5. The number of methoxy groups -OCH3 is 1. The summed E-state index contributed by atoms with van der Waals surface area (Å²) in [6.45, 7) is 1.94. The summed E-state index contributed by atoms with van der Waals surface area (Å²) in [6, 6.07) is 8.11. The van der Waals surface area contributed by atoms with Gasteiger partial charge in [-0.1, -0.05) is 12.1 Å². The molecule has 0 aliphatic heterocycles. The SMILES string of the molecule is COc1cccc(C(CNC(=O)CNCC2CC2)N(C)C)c1.Cl.Cl. The minimum absolute atomic E-state index is 0. The number of nitrogens with one attached hydrogen (secondary N) is 2. The van der Waals surface area contributed by atoms with Crippen molar-refractivity contribution >= 4 is 30.7 Å².